The van der Waals surface area contributed by atoms with Crippen molar-refractivity contribution in [2.45, 2.75) is 26.2 Å². The van der Waals surface area contributed by atoms with Gasteiger partial charge in [-0.3, -0.25) is 0 Å². The number of nitrogens with one attached hydrogen (secondary N) is 1. The first-order chi connectivity index (χ1) is 9.79. The molecule has 0 spiro atoms. The van der Waals surface area contributed by atoms with Crippen molar-refractivity contribution in [2.75, 3.05) is 12.4 Å². The molecule has 2 aromatic rings. The minimum Gasteiger partial charge on any atom is -0.438 e. The average Bonchev–Trinajstić information content (AvgIpc) is 2.40. The molecule has 0 radical (unpaired) electrons. The minimum absolute atomic E-state index is 0.203. The summed E-state index contributed by atoms with van der Waals surface area (Å²) in [7, 11) is 1.78. The number of halogens is 2. The molecule has 1 aromatic heterocycles. The monoisotopic (exact) mass is 353 g/mol. The van der Waals surface area contributed by atoms with Crippen LogP contribution in [0, 0.1) is 5.82 Å². The summed E-state index contributed by atoms with van der Waals surface area (Å²) in [5.74, 6) is 1.91. The molecule has 0 amide bonds. The molecular formula is C15H17BrFN3O. The van der Waals surface area contributed by atoms with E-state index in [0.717, 1.165) is 0 Å². The third-order valence-corrected chi connectivity index (χ3v) is 3.36. The average molecular weight is 354 g/mol. The summed E-state index contributed by atoms with van der Waals surface area (Å²) in [4.78, 5) is 8.85. The van der Waals surface area contributed by atoms with Gasteiger partial charge in [-0.1, -0.05) is 20.8 Å². The molecule has 0 aliphatic carbocycles. The Labute approximate surface area is 131 Å². The maximum atomic E-state index is 13.1. The second kappa shape index (κ2) is 5.97. The Hall–Kier alpha value is -1.69. The SMILES string of the molecule is CNc1cc(Oc2ccc(F)cc2Br)nc(C(C)(C)C)n1. The summed E-state index contributed by atoms with van der Waals surface area (Å²) in [6.07, 6.45) is 0. The Morgan fingerprint density at radius 1 is 1.19 bits per heavy atom. The van der Waals surface area contributed by atoms with Crippen LogP contribution in [0.1, 0.15) is 26.6 Å². The van der Waals surface area contributed by atoms with Gasteiger partial charge in [-0.25, -0.2) is 9.37 Å². The van der Waals surface area contributed by atoms with Crippen LogP contribution in [-0.2, 0) is 5.41 Å². The number of benzene rings is 1. The van der Waals surface area contributed by atoms with E-state index in [9.17, 15) is 4.39 Å². The molecule has 112 valence electrons. The van der Waals surface area contributed by atoms with Crippen molar-refractivity contribution in [1.29, 1.82) is 0 Å². The van der Waals surface area contributed by atoms with Crippen LogP contribution in [0.2, 0.25) is 0 Å². The molecule has 1 aromatic carbocycles. The lowest BCUT2D eigenvalue weighted by atomic mass is 9.96. The Kier molecular flexibility index (Phi) is 4.46. The summed E-state index contributed by atoms with van der Waals surface area (Å²) in [6, 6.07) is 5.94. The fourth-order valence-corrected chi connectivity index (χ4v) is 2.04. The Morgan fingerprint density at radius 3 is 2.48 bits per heavy atom. The van der Waals surface area contributed by atoms with E-state index in [-0.39, 0.29) is 11.2 Å². The van der Waals surface area contributed by atoms with Crippen LogP contribution in [0.5, 0.6) is 11.6 Å². The van der Waals surface area contributed by atoms with Crippen LogP contribution in [0.15, 0.2) is 28.7 Å². The summed E-state index contributed by atoms with van der Waals surface area (Å²) >= 11 is 3.27. The van der Waals surface area contributed by atoms with Crippen LogP contribution in [0.25, 0.3) is 0 Å². The molecule has 0 saturated carbocycles. The van der Waals surface area contributed by atoms with Crippen LogP contribution in [-0.4, -0.2) is 17.0 Å². The van der Waals surface area contributed by atoms with E-state index in [2.05, 4.69) is 31.2 Å². The number of anilines is 1. The van der Waals surface area contributed by atoms with Gasteiger partial charge >= 0.3 is 0 Å². The van der Waals surface area contributed by atoms with E-state index in [1.807, 2.05) is 20.8 Å². The predicted molar refractivity (Wildman–Crippen MR) is 84.5 cm³/mol. The minimum atomic E-state index is -0.330. The predicted octanol–water partition coefficient (Wildman–Crippen LogP) is 4.51. The maximum absolute atomic E-state index is 13.1. The number of aromatic nitrogens is 2. The standard InChI is InChI=1S/C15H17BrFN3O/c1-15(2,3)14-19-12(18-4)8-13(20-14)21-11-6-5-9(17)7-10(11)16/h5-8H,1-4H3,(H,18,19,20). The fourth-order valence-electron chi connectivity index (χ4n) is 1.61. The molecule has 1 N–H and O–H groups in total. The lowest BCUT2D eigenvalue weighted by molar-refractivity contribution is 0.443. The highest BCUT2D eigenvalue weighted by molar-refractivity contribution is 9.10. The quantitative estimate of drug-likeness (QED) is 0.881. The number of hydrogen-bond donors (Lipinski definition) is 1. The van der Waals surface area contributed by atoms with Gasteiger partial charge in [0, 0.05) is 18.5 Å². The Balaban J connectivity index is 2.39. The fraction of sp³-hybridized carbons (Fsp3) is 0.333. The van der Waals surface area contributed by atoms with Gasteiger partial charge in [0.1, 0.15) is 23.2 Å². The zero-order chi connectivity index (χ0) is 15.6. The second-order valence-electron chi connectivity index (χ2n) is 5.59. The van der Waals surface area contributed by atoms with Gasteiger partial charge in [-0.2, -0.15) is 4.98 Å². The molecule has 21 heavy (non-hydrogen) atoms. The topological polar surface area (TPSA) is 47.0 Å². The van der Waals surface area contributed by atoms with Crippen molar-refractivity contribution >= 4 is 21.7 Å². The molecule has 0 fully saturated rings. The van der Waals surface area contributed by atoms with Crippen LogP contribution in [0.4, 0.5) is 10.2 Å². The highest BCUT2D eigenvalue weighted by Crippen LogP contribution is 2.31. The molecule has 1 heterocycles. The molecule has 0 aliphatic rings. The van der Waals surface area contributed by atoms with E-state index >= 15 is 0 Å². The Morgan fingerprint density at radius 2 is 1.90 bits per heavy atom. The zero-order valence-electron chi connectivity index (χ0n) is 12.4. The van der Waals surface area contributed by atoms with E-state index in [1.165, 1.54) is 12.1 Å². The van der Waals surface area contributed by atoms with Crippen molar-refractivity contribution in [3.8, 4) is 11.6 Å². The van der Waals surface area contributed by atoms with Gasteiger partial charge in [0.2, 0.25) is 5.88 Å². The van der Waals surface area contributed by atoms with Crippen LogP contribution >= 0.6 is 15.9 Å². The molecule has 4 nitrogen and oxygen atoms in total. The first kappa shape index (κ1) is 15.7. The van der Waals surface area contributed by atoms with Gasteiger partial charge in [0.25, 0.3) is 0 Å². The molecule has 0 unspecified atom stereocenters. The van der Waals surface area contributed by atoms with Crippen molar-refractivity contribution in [1.82, 2.24) is 9.97 Å². The van der Waals surface area contributed by atoms with Gasteiger partial charge in [0.15, 0.2) is 0 Å². The van der Waals surface area contributed by atoms with E-state index in [4.69, 9.17) is 4.74 Å². The lowest BCUT2D eigenvalue weighted by Gasteiger charge is -2.18. The summed E-state index contributed by atoms with van der Waals surface area (Å²) in [6.45, 7) is 6.08. The summed E-state index contributed by atoms with van der Waals surface area (Å²) in [5, 5.41) is 2.99. The van der Waals surface area contributed by atoms with Crippen molar-refractivity contribution in [3.63, 3.8) is 0 Å². The molecule has 0 atom stereocenters. The molecule has 0 saturated heterocycles. The summed E-state index contributed by atoms with van der Waals surface area (Å²) in [5.41, 5.74) is -0.203. The molecule has 2 rings (SSSR count). The summed E-state index contributed by atoms with van der Waals surface area (Å²) < 4.78 is 19.4. The number of rotatable bonds is 3. The van der Waals surface area contributed by atoms with Crippen molar-refractivity contribution in [3.05, 3.63) is 40.4 Å². The number of ether oxygens (including phenoxy) is 1. The largest absolute Gasteiger partial charge is 0.438 e. The third kappa shape index (κ3) is 3.91. The second-order valence-corrected chi connectivity index (χ2v) is 6.45. The third-order valence-electron chi connectivity index (χ3n) is 2.74. The van der Waals surface area contributed by atoms with E-state index < -0.39 is 0 Å². The van der Waals surface area contributed by atoms with Crippen LogP contribution < -0.4 is 10.1 Å². The first-order valence-corrected chi connectivity index (χ1v) is 7.29. The van der Waals surface area contributed by atoms with Crippen molar-refractivity contribution < 1.29 is 9.13 Å². The maximum Gasteiger partial charge on any atom is 0.224 e. The van der Waals surface area contributed by atoms with Crippen LogP contribution in [0.3, 0.4) is 0 Å². The first-order valence-electron chi connectivity index (χ1n) is 6.50. The number of nitrogens with zero attached hydrogens (tertiary/aromatic N) is 2. The van der Waals surface area contributed by atoms with Gasteiger partial charge in [-0.05, 0) is 34.1 Å². The zero-order valence-corrected chi connectivity index (χ0v) is 14.0. The van der Waals surface area contributed by atoms with Gasteiger partial charge in [0.05, 0.1) is 4.47 Å². The van der Waals surface area contributed by atoms with Gasteiger partial charge < -0.3 is 10.1 Å². The highest BCUT2D eigenvalue weighted by atomic mass is 79.9. The lowest BCUT2D eigenvalue weighted by Crippen LogP contribution is -2.17. The van der Waals surface area contributed by atoms with Gasteiger partial charge in [-0.15, -0.1) is 0 Å². The van der Waals surface area contributed by atoms with Crippen molar-refractivity contribution in [2.24, 2.45) is 0 Å². The highest BCUT2D eigenvalue weighted by Gasteiger charge is 2.20. The molecular weight excluding hydrogens is 337 g/mol. The molecule has 0 bridgehead atoms. The smallest absolute Gasteiger partial charge is 0.224 e. The molecule has 6 heteroatoms. The van der Waals surface area contributed by atoms with E-state index in [0.29, 0.717) is 27.7 Å². The normalized spacial score (nSPS) is 11.3. The Bertz CT molecular complexity index is 656. The number of hydrogen-bond acceptors (Lipinski definition) is 4. The van der Waals surface area contributed by atoms with E-state index in [1.54, 1.807) is 19.2 Å². The molecule has 0 aliphatic heterocycles.